The SMILES string of the molecule is CCCc1nc(-c2ccc(N)cc2C)n[nH]1. The molecule has 2 rings (SSSR count). The summed E-state index contributed by atoms with van der Waals surface area (Å²) in [6, 6.07) is 5.77. The molecule has 0 aliphatic carbocycles. The van der Waals surface area contributed by atoms with Gasteiger partial charge in [0.25, 0.3) is 0 Å². The summed E-state index contributed by atoms with van der Waals surface area (Å²) in [5, 5.41) is 7.17. The number of nitrogens with two attached hydrogens (primary N) is 1. The van der Waals surface area contributed by atoms with E-state index in [0.717, 1.165) is 41.3 Å². The van der Waals surface area contributed by atoms with Gasteiger partial charge in [-0.1, -0.05) is 6.92 Å². The van der Waals surface area contributed by atoms with Crippen LogP contribution in [0.25, 0.3) is 11.4 Å². The quantitative estimate of drug-likeness (QED) is 0.774. The van der Waals surface area contributed by atoms with E-state index in [4.69, 9.17) is 5.73 Å². The molecule has 0 bridgehead atoms. The molecule has 3 N–H and O–H groups in total. The number of aromatic amines is 1. The van der Waals surface area contributed by atoms with Crippen LogP contribution in [0.5, 0.6) is 0 Å². The summed E-state index contributed by atoms with van der Waals surface area (Å²) >= 11 is 0. The molecule has 0 fully saturated rings. The van der Waals surface area contributed by atoms with Crippen LogP contribution in [0, 0.1) is 6.92 Å². The van der Waals surface area contributed by atoms with Crippen molar-refractivity contribution in [2.75, 3.05) is 5.73 Å². The Morgan fingerprint density at radius 1 is 1.38 bits per heavy atom. The third-order valence-electron chi connectivity index (χ3n) is 2.51. The number of H-pyrrole nitrogens is 1. The first-order chi connectivity index (χ1) is 7.70. The molecule has 1 heterocycles. The second-order valence-electron chi connectivity index (χ2n) is 3.93. The first kappa shape index (κ1) is 10.7. The molecule has 0 atom stereocenters. The molecule has 0 aliphatic rings. The number of rotatable bonds is 3. The van der Waals surface area contributed by atoms with Gasteiger partial charge in [-0.15, -0.1) is 0 Å². The number of benzene rings is 1. The number of nitrogens with one attached hydrogen (secondary N) is 1. The maximum Gasteiger partial charge on any atom is 0.181 e. The molecule has 0 aliphatic heterocycles. The van der Waals surface area contributed by atoms with Gasteiger partial charge in [-0.3, -0.25) is 5.10 Å². The van der Waals surface area contributed by atoms with Crippen LogP contribution < -0.4 is 5.73 Å². The van der Waals surface area contributed by atoms with Crippen molar-refractivity contribution in [3.05, 3.63) is 29.6 Å². The van der Waals surface area contributed by atoms with Gasteiger partial charge in [0.05, 0.1) is 0 Å². The number of anilines is 1. The summed E-state index contributed by atoms with van der Waals surface area (Å²) in [6.07, 6.45) is 2.00. The molecule has 4 heteroatoms. The van der Waals surface area contributed by atoms with Crippen molar-refractivity contribution in [2.24, 2.45) is 0 Å². The normalized spacial score (nSPS) is 10.6. The predicted octanol–water partition coefficient (Wildman–Crippen LogP) is 2.31. The molecule has 0 radical (unpaired) electrons. The van der Waals surface area contributed by atoms with E-state index in [1.165, 1.54) is 0 Å². The van der Waals surface area contributed by atoms with Crippen LogP contribution in [0.2, 0.25) is 0 Å². The van der Waals surface area contributed by atoms with Gasteiger partial charge in [0.15, 0.2) is 5.82 Å². The van der Waals surface area contributed by atoms with E-state index in [0.29, 0.717) is 0 Å². The van der Waals surface area contributed by atoms with E-state index >= 15 is 0 Å². The van der Waals surface area contributed by atoms with Gasteiger partial charge in [-0.05, 0) is 37.1 Å². The fourth-order valence-electron chi connectivity index (χ4n) is 1.70. The van der Waals surface area contributed by atoms with Crippen molar-refractivity contribution in [1.82, 2.24) is 15.2 Å². The third kappa shape index (κ3) is 2.05. The van der Waals surface area contributed by atoms with E-state index < -0.39 is 0 Å². The molecular formula is C12H16N4. The minimum atomic E-state index is 0.751. The molecule has 84 valence electrons. The number of hydrogen-bond acceptors (Lipinski definition) is 3. The average Bonchev–Trinajstić information content (AvgIpc) is 2.67. The van der Waals surface area contributed by atoms with Gasteiger partial charge in [0, 0.05) is 17.7 Å². The van der Waals surface area contributed by atoms with E-state index in [2.05, 4.69) is 22.1 Å². The first-order valence-corrected chi connectivity index (χ1v) is 5.48. The molecular weight excluding hydrogens is 200 g/mol. The first-order valence-electron chi connectivity index (χ1n) is 5.48. The number of aryl methyl sites for hydroxylation is 2. The Kier molecular flexibility index (Phi) is 2.90. The second kappa shape index (κ2) is 4.35. The molecule has 0 amide bonds. The summed E-state index contributed by atoms with van der Waals surface area (Å²) in [7, 11) is 0. The molecule has 0 saturated carbocycles. The van der Waals surface area contributed by atoms with Crippen molar-refractivity contribution < 1.29 is 0 Å². The average molecular weight is 216 g/mol. The zero-order valence-corrected chi connectivity index (χ0v) is 9.62. The molecule has 0 saturated heterocycles. The van der Waals surface area contributed by atoms with Crippen LogP contribution in [0.15, 0.2) is 18.2 Å². The molecule has 16 heavy (non-hydrogen) atoms. The topological polar surface area (TPSA) is 67.6 Å². The Balaban J connectivity index is 2.35. The molecule has 1 aromatic carbocycles. The van der Waals surface area contributed by atoms with Crippen LogP contribution in [0.3, 0.4) is 0 Å². The van der Waals surface area contributed by atoms with Crippen LogP contribution in [-0.2, 0) is 6.42 Å². The molecule has 1 aromatic heterocycles. The van der Waals surface area contributed by atoms with Crippen LogP contribution >= 0.6 is 0 Å². The lowest BCUT2D eigenvalue weighted by Gasteiger charge is -2.01. The Hall–Kier alpha value is -1.84. The van der Waals surface area contributed by atoms with Gasteiger partial charge in [0.1, 0.15) is 5.82 Å². The minimum absolute atomic E-state index is 0.751. The lowest BCUT2D eigenvalue weighted by molar-refractivity contribution is 0.841. The van der Waals surface area contributed by atoms with Crippen LogP contribution in [-0.4, -0.2) is 15.2 Å². The highest BCUT2D eigenvalue weighted by Gasteiger charge is 2.07. The Labute approximate surface area is 94.9 Å². The van der Waals surface area contributed by atoms with Gasteiger partial charge < -0.3 is 5.73 Å². The van der Waals surface area contributed by atoms with Crippen molar-refractivity contribution in [2.45, 2.75) is 26.7 Å². The summed E-state index contributed by atoms with van der Waals surface area (Å²) in [5.74, 6) is 1.69. The number of hydrogen-bond donors (Lipinski definition) is 2. The molecule has 4 nitrogen and oxygen atoms in total. The van der Waals surface area contributed by atoms with Crippen molar-refractivity contribution in [3.8, 4) is 11.4 Å². The Morgan fingerprint density at radius 3 is 2.88 bits per heavy atom. The van der Waals surface area contributed by atoms with Crippen molar-refractivity contribution in [1.29, 1.82) is 0 Å². The van der Waals surface area contributed by atoms with Crippen LogP contribution in [0.4, 0.5) is 5.69 Å². The lowest BCUT2D eigenvalue weighted by atomic mass is 10.1. The number of nitrogen functional groups attached to an aromatic ring is 1. The lowest BCUT2D eigenvalue weighted by Crippen LogP contribution is -1.90. The van der Waals surface area contributed by atoms with Gasteiger partial charge in [-0.25, -0.2) is 4.98 Å². The Bertz CT molecular complexity index is 488. The van der Waals surface area contributed by atoms with E-state index in [1.54, 1.807) is 0 Å². The summed E-state index contributed by atoms with van der Waals surface area (Å²) in [5.41, 5.74) is 8.61. The summed E-state index contributed by atoms with van der Waals surface area (Å²) in [6.45, 7) is 4.14. The summed E-state index contributed by atoms with van der Waals surface area (Å²) < 4.78 is 0. The van der Waals surface area contributed by atoms with Gasteiger partial charge in [0.2, 0.25) is 0 Å². The Morgan fingerprint density at radius 2 is 2.19 bits per heavy atom. The number of nitrogens with zero attached hydrogens (tertiary/aromatic N) is 2. The van der Waals surface area contributed by atoms with E-state index in [-0.39, 0.29) is 0 Å². The highest BCUT2D eigenvalue weighted by molar-refractivity contribution is 5.63. The monoisotopic (exact) mass is 216 g/mol. The highest BCUT2D eigenvalue weighted by atomic mass is 15.2. The fraction of sp³-hybridized carbons (Fsp3) is 0.333. The van der Waals surface area contributed by atoms with Gasteiger partial charge >= 0.3 is 0 Å². The molecule has 2 aromatic rings. The zero-order valence-electron chi connectivity index (χ0n) is 9.62. The zero-order chi connectivity index (χ0) is 11.5. The van der Waals surface area contributed by atoms with Crippen molar-refractivity contribution in [3.63, 3.8) is 0 Å². The van der Waals surface area contributed by atoms with E-state index in [9.17, 15) is 0 Å². The minimum Gasteiger partial charge on any atom is -0.399 e. The maximum absolute atomic E-state index is 5.71. The summed E-state index contributed by atoms with van der Waals surface area (Å²) in [4.78, 5) is 4.45. The van der Waals surface area contributed by atoms with E-state index in [1.807, 2.05) is 25.1 Å². The third-order valence-corrected chi connectivity index (χ3v) is 2.51. The highest BCUT2D eigenvalue weighted by Crippen LogP contribution is 2.21. The second-order valence-corrected chi connectivity index (χ2v) is 3.93. The standard InChI is InChI=1S/C12H16N4/c1-3-4-11-14-12(16-15-11)10-6-5-9(13)7-8(10)2/h5-7H,3-4,13H2,1-2H3,(H,14,15,16). The van der Waals surface area contributed by atoms with Crippen molar-refractivity contribution >= 4 is 5.69 Å². The van der Waals surface area contributed by atoms with Gasteiger partial charge in [-0.2, -0.15) is 5.10 Å². The number of aromatic nitrogens is 3. The molecule has 0 spiro atoms. The smallest absolute Gasteiger partial charge is 0.181 e. The fourth-order valence-corrected chi connectivity index (χ4v) is 1.70. The maximum atomic E-state index is 5.71. The largest absolute Gasteiger partial charge is 0.399 e. The van der Waals surface area contributed by atoms with Crippen LogP contribution in [0.1, 0.15) is 24.7 Å². The molecule has 0 unspecified atom stereocenters. The predicted molar refractivity (Wildman–Crippen MR) is 65.0 cm³/mol.